The standard InChI is InChI=1S/C24H19F4N5O2S/c1-12-7-18(25)19(31-22(35)30-15-6-4-5-14(9-15)24(26,27)28)10-16(12)17-8-13-11-29-23(36-3)32-20(13)33(2)21(17)34/h4-11H,1-3H3,(H2,30,31,35). The van der Waals surface area contributed by atoms with Crippen LogP contribution in [-0.4, -0.2) is 26.8 Å². The van der Waals surface area contributed by atoms with Gasteiger partial charge in [0.15, 0.2) is 5.16 Å². The minimum Gasteiger partial charge on any atom is -0.308 e. The summed E-state index contributed by atoms with van der Waals surface area (Å²) in [5.41, 5.74) is -0.228. The van der Waals surface area contributed by atoms with Crippen molar-refractivity contribution < 1.29 is 22.4 Å². The molecule has 2 aromatic heterocycles. The maximum atomic E-state index is 14.7. The first-order valence-corrected chi connectivity index (χ1v) is 11.7. The van der Waals surface area contributed by atoms with Crippen LogP contribution in [0.2, 0.25) is 0 Å². The number of nitrogens with zero attached hydrogens (tertiary/aromatic N) is 3. The molecule has 2 heterocycles. The molecule has 2 N–H and O–H groups in total. The van der Waals surface area contributed by atoms with Gasteiger partial charge in [-0.2, -0.15) is 13.2 Å². The molecule has 0 unspecified atom stereocenters. The molecule has 0 saturated carbocycles. The summed E-state index contributed by atoms with van der Waals surface area (Å²) in [4.78, 5) is 34.1. The van der Waals surface area contributed by atoms with E-state index in [1.54, 1.807) is 26.2 Å². The van der Waals surface area contributed by atoms with Gasteiger partial charge in [0.2, 0.25) is 0 Å². The lowest BCUT2D eigenvalue weighted by Gasteiger charge is -2.14. The Morgan fingerprint density at radius 2 is 1.83 bits per heavy atom. The Labute approximate surface area is 206 Å². The molecule has 7 nitrogen and oxygen atoms in total. The third kappa shape index (κ3) is 5.03. The van der Waals surface area contributed by atoms with Crippen LogP contribution in [0.4, 0.5) is 33.7 Å². The summed E-state index contributed by atoms with van der Waals surface area (Å²) in [7, 11) is 1.56. The molecule has 0 bridgehead atoms. The number of amides is 2. The number of hydrogen-bond donors (Lipinski definition) is 2. The molecule has 0 aliphatic carbocycles. The number of urea groups is 1. The smallest absolute Gasteiger partial charge is 0.308 e. The van der Waals surface area contributed by atoms with Gasteiger partial charge in [-0.25, -0.2) is 19.2 Å². The molecule has 12 heteroatoms. The van der Waals surface area contributed by atoms with Gasteiger partial charge in [-0.1, -0.05) is 17.8 Å². The average molecular weight is 518 g/mol. The fraction of sp³-hybridized carbons (Fsp3) is 0.167. The van der Waals surface area contributed by atoms with Crippen molar-refractivity contribution in [3.05, 3.63) is 76.0 Å². The van der Waals surface area contributed by atoms with Crippen LogP contribution in [0.3, 0.4) is 0 Å². The number of halogens is 4. The van der Waals surface area contributed by atoms with Gasteiger partial charge >= 0.3 is 12.2 Å². The normalized spacial score (nSPS) is 11.5. The summed E-state index contributed by atoms with van der Waals surface area (Å²) in [6, 6.07) is 7.15. The summed E-state index contributed by atoms with van der Waals surface area (Å²) < 4.78 is 54.8. The van der Waals surface area contributed by atoms with Crippen molar-refractivity contribution in [3.63, 3.8) is 0 Å². The Bertz CT molecular complexity index is 1550. The van der Waals surface area contributed by atoms with E-state index in [-0.39, 0.29) is 22.5 Å². The lowest BCUT2D eigenvalue weighted by molar-refractivity contribution is -0.137. The van der Waals surface area contributed by atoms with Crippen LogP contribution in [0.1, 0.15) is 11.1 Å². The maximum absolute atomic E-state index is 14.7. The van der Waals surface area contributed by atoms with Gasteiger partial charge in [0.05, 0.1) is 11.3 Å². The molecular formula is C24H19F4N5O2S. The molecule has 0 saturated heterocycles. The van der Waals surface area contributed by atoms with Crippen molar-refractivity contribution >= 4 is 40.2 Å². The van der Waals surface area contributed by atoms with Gasteiger partial charge in [-0.05, 0) is 60.7 Å². The Morgan fingerprint density at radius 3 is 2.53 bits per heavy atom. The third-order valence-electron chi connectivity index (χ3n) is 5.41. The van der Waals surface area contributed by atoms with E-state index < -0.39 is 23.6 Å². The van der Waals surface area contributed by atoms with Gasteiger partial charge in [0.25, 0.3) is 5.56 Å². The largest absolute Gasteiger partial charge is 0.416 e. The van der Waals surface area contributed by atoms with E-state index in [4.69, 9.17) is 0 Å². The van der Waals surface area contributed by atoms with Crippen molar-refractivity contribution in [2.24, 2.45) is 7.05 Å². The highest BCUT2D eigenvalue weighted by Crippen LogP contribution is 2.31. The van der Waals surface area contributed by atoms with Crippen LogP contribution in [0.15, 0.2) is 58.6 Å². The molecule has 0 radical (unpaired) electrons. The second kappa shape index (κ2) is 9.61. The van der Waals surface area contributed by atoms with E-state index in [0.29, 0.717) is 27.3 Å². The highest BCUT2D eigenvalue weighted by atomic mass is 32.2. The zero-order chi connectivity index (χ0) is 26.2. The zero-order valence-electron chi connectivity index (χ0n) is 19.2. The van der Waals surface area contributed by atoms with Gasteiger partial charge in [-0.15, -0.1) is 0 Å². The van der Waals surface area contributed by atoms with E-state index in [1.165, 1.54) is 28.5 Å². The molecule has 0 spiro atoms. The summed E-state index contributed by atoms with van der Waals surface area (Å²) in [6.07, 6.45) is -1.19. The van der Waals surface area contributed by atoms with E-state index >= 15 is 0 Å². The number of benzene rings is 2. The number of thioether (sulfide) groups is 1. The quantitative estimate of drug-likeness (QED) is 0.202. The molecule has 0 fully saturated rings. The first kappa shape index (κ1) is 25.2. The van der Waals surface area contributed by atoms with Crippen LogP contribution in [-0.2, 0) is 13.2 Å². The number of nitrogens with one attached hydrogen (secondary N) is 2. The summed E-state index contributed by atoms with van der Waals surface area (Å²) in [5.74, 6) is -0.777. The summed E-state index contributed by atoms with van der Waals surface area (Å²) in [5, 5.41) is 5.65. The van der Waals surface area contributed by atoms with Crippen molar-refractivity contribution in [2.45, 2.75) is 18.3 Å². The van der Waals surface area contributed by atoms with Crippen molar-refractivity contribution in [3.8, 4) is 11.1 Å². The minimum atomic E-state index is -4.58. The number of rotatable bonds is 4. The lowest BCUT2D eigenvalue weighted by Crippen LogP contribution is -2.22. The number of anilines is 2. The van der Waals surface area contributed by atoms with Crippen LogP contribution in [0.25, 0.3) is 22.2 Å². The first-order chi connectivity index (χ1) is 17.0. The molecular weight excluding hydrogens is 498 g/mol. The van der Waals surface area contributed by atoms with E-state index in [1.807, 2.05) is 6.26 Å². The Kier molecular flexibility index (Phi) is 6.72. The van der Waals surface area contributed by atoms with Crippen molar-refractivity contribution in [1.82, 2.24) is 14.5 Å². The number of aryl methyl sites for hydroxylation is 2. The van der Waals surface area contributed by atoms with E-state index in [2.05, 4.69) is 20.6 Å². The Balaban J connectivity index is 1.68. The zero-order valence-corrected chi connectivity index (χ0v) is 20.0. The number of carbonyl (C=O) groups is 1. The second-order valence-electron chi connectivity index (χ2n) is 7.86. The highest BCUT2D eigenvalue weighted by Gasteiger charge is 2.30. The van der Waals surface area contributed by atoms with Crippen LogP contribution >= 0.6 is 11.8 Å². The maximum Gasteiger partial charge on any atom is 0.416 e. The SMILES string of the molecule is CSc1ncc2cc(-c3cc(NC(=O)Nc4cccc(C(F)(F)F)c4)c(F)cc3C)c(=O)n(C)c2n1. The molecule has 2 aromatic carbocycles. The molecule has 0 atom stereocenters. The number of aromatic nitrogens is 3. The molecule has 4 rings (SSSR count). The summed E-state index contributed by atoms with van der Waals surface area (Å²) in [6.45, 7) is 1.61. The Morgan fingerprint density at radius 1 is 1.08 bits per heavy atom. The van der Waals surface area contributed by atoms with Crippen LogP contribution < -0.4 is 16.2 Å². The molecule has 186 valence electrons. The van der Waals surface area contributed by atoms with Crippen LogP contribution in [0.5, 0.6) is 0 Å². The van der Waals surface area contributed by atoms with E-state index in [0.717, 1.165) is 24.3 Å². The number of alkyl halides is 3. The van der Waals surface area contributed by atoms with Gasteiger partial charge in [-0.3, -0.25) is 9.36 Å². The van der Waals surface area contributed by atoms with Crippen molar-refractivity contribution in [1.29, 1.82) is 0 Å². The topological polar surface area (TPSA) is 88.9 Å². The van der Waals surface area contributed by atoms with Crippen molar-refractivity contribution in [2.75, 3.05) is 16.9 Å². The molecule has 0 aliphatic rings. The monoisotopic (exact) mass is 517 g/mol. The number of carbonyl (C=O) groups excluding carboxylic acids is 1. The second-order valence-corrected chi connectivity index (χ2v) is 8.64. The highest BCUT2D eigenvalue weighted by molar-refractivity contribution is 7.98. The third-order valence-corrected chi connectivity index (χ3v) is 5.97. The number of fused-ring (bicyclic) bond motifs is 1. The van der Waals surface area contributed by atoms with Gasteiger partial charge < -0.3 is 10.6 Å². The number of hydrogen-bond acceptors (Lipinski definition) is 5. The molecule has 4 aromatic rings. The first-order valence-electron chi connectivity index (χ1n) is 10.4. The minimum absolute atomic E-state index is 0.122. The molecule has 0 aliphatic heterocycles. The predicted octanol–water partition coefficient (Wildman–Crippen LogP) is 5.83. The fourth-order valence-electron chi connectivity index (χ4n) is 3.64. The number of pyridine rings is 1. The molecule has 36 heavy (non-hydrogen) atoms. The lowest BCUT2D eigenvalue weighted by atomic mass is 9.99. The van der Waals surface area contributed by atoms with Crippen LogP contribution in [0, 0.1) is 12.7 Å². The fourth-order valence-corrected chi connectivity index (χ4v) is 3.97. The average Bonchev–Trinajstić information content (AvgIpc) is 2.82. The summed E-state index contributed by atoms with van der Waals surface area (Å²) >= 11 is 1.33. The van der Waals surface area contributed by atoms with Gasteiger partial charge in [0.1, 0.15) is 11.5 Å². The van der Waals surface area contributed by atoms with E-state index in [9.17, 15) is 27.2 Å². The van der Waals surface area contributed by atoms with Gasteiger partial charge in [0, 0.05) is 29.9 Å². The predicted molar refractivity (Wildman–Crippen MR) is 131 cm³/mol. The Hall–Kier alpha value is -3.93. The molecule has 2 amide bonds.